The van der Waals surface area contributed by atoms with E-state index in [9.17, 15) is 14.4 Å². The number of nitrogens with zero attached hydrogens (tertiary/aromatic N) is 5. The predicted molar refractivity (Wildman–Crippen MR) is 151 cm³/mol. The molecule has 0 saturated heterocycles. The van der Waals surface area contributed by atoms with Crippen LogP contribution < -0.4 is 26.4 Å². The first-order valence-electron chi connectivity index (χ1n) is 13.3. The second-order valence-corrected chi connectivity index (χ2v) is 9.75. The van der Waals surface area contributed by atoms with Gasteiger partial charge in [0.1, 0.15) is 29.6 Å². The molecule has 4 N–H and O–H groups in total. The number of rotatable bonds is 10. The molecule has 0 aliphatic heterocycles. The van der Waals surface area contributed by atoms with Crippen LogP contribution in [0.2, 0.25) is 0 Å². The van der Waals surface area contributed by atoms with Gasteiger partial charge in [-0.15, -0.1) is 0 Å². The van der Waals surface area contributed by atoms with Gasteiger partial charge >= 0.3 is 0 Å². The summed E-state index contributed by atoms with van der Waals surface area (Å²) in [6, 6.07) is 6.65. The quantitative estimate of drug-likeness (QED) is 0.0970. The van der Waals surface area contributed by atoms with E-state index in [1.807, 2.05) is 0 Å². The molecule has 0 atom stereocenters. The fourth-order valence-corrected chi connectivity index (χ4v) is 5.01. The Balaban J connectivity index is 1.25. The van der Waals surface area contributed by atoms with Gasteiger partial charge in [-0.05, 0) is 56.5 Å². The van der Waals surface area contributed by atoms with Crippen LogP contribution >= 0.6 is 0 Å². The molecule has 1 fully saturated rings. The third-order valence-electron chi connectivity index (χ3n) is 7.03. The molecule has 13 nitrogen and oxygen atoms in total. The summed E-state index contributed by atoms with van der Waals surface area (Å²) in [5.41, 5.74) is 2.80. The normalized spacial score (nSPS) is 13.2. The van der Waals surface area contributed by atoms with Crippen molar-refractivity contribution in [2.45, 2.75) is 45.6 Å². The Morgan fingerprint density at radius 2 is 1.80 bits per heavy atom. The monoisotopic (exact) mass is 558 g/mol. The van der Waals surface area contributed by atoms with E-state index in [1.165, 1.54) is 19.2 Å². The minimum Gasteiger partial charge on any atom is -0.490 e. The summed E-state index contributed by atoms with van der Waals surface area (Å²) in [5, 5.41) is 15.5. The molecule has 1 aliphatic rings. The van der Waals surface area contributed by atoms with Crippen LogP contribution in [0.15, 0.2) is 47.7 Å². The molecule has 4 aromatic rings. The maximum atomic E-state index is 13.4. The number of carbonyl (C=O) groups is 2. The fourth-order valence-electron chi connectivity index (χ4n) is 5.01. The van der Waals surface area contributed by atoms with Gasteiger partial charge in [0.2, 0.25) is 5.95 Å². The molecule has 0 unspecified atom stereocenters. The number of carbonyl (C=O) groups excluding carboxylic acids is 2. The van der Waals surface area contributed by atoms with Crippen LogP contribution in [0, 0.1) is 6.92 Å². The highest BCUT2D eigenvalue weighted by molar-refractivity contribution is 5.99. The number of ketones is 1. The van der Waals surface area contributed by atoms with Crippen LogP contribution in [0.3, 0.4) is 0 Å². The number of hydrogen-bond acceptors (Lipinski definition) is 11. The molecular formula is C28H30N8O5. The minimum atomic E-state index is -0.632. The number of hydroxylamine groups is 1. The summed E-state index contributed by atoms with van der Waals surface area (Å²) in [6.45, 7) is 3.97. The first-order chi connectivity index (χ1) is 19.9. The lowest BCUT2D eigenvalue weighted by Gasteiger charge is -2.19. The number of fused-ring (bicyclic) bond motifs is 1. The number of aryl methyl sites for hydroxylation is 1. The van der Waals surface area contributed by atoms with Gasteiger partial charge in [0.15, 0.2) is 5.78 Å². The number of ether oxygens (including phenoxy) is 1. The molecule has 1 amide bonds. The van der Waals surface area contributed by atoms with Crippen LogP contribution in [0.25, 0.3) is 11.0 Å². The number of hydrogen-bond donors (Lipinski definition) is 4. The molecule has 1 saturated carbocycles. The standard InChI is InChI=1S/C28H30N8O5/c1-16-21-15-32-28(34-25(21)36(19-5-3-4-6-19)27(39)24(16)17(2)37)33-23-10-8-20(14-31-23)41-12-11-29-22-9-7-18(13-30-22)26(38)35-40/h7-10,13-15,19,40H,3-6,11-12H2,1-2H3,(H,29,30)(H,35,38)(H,31,32,33,34). The van der Waals surface area contributed by atoms with Crippen LogP contribution in [-0.4, -0.2) is 54.6 Å². The van der Waals surface area contributed by atoms with Crippen molar-refractivity contribution in [3.8, 4) is 5.75 Å². The lowest BCUT2D eigenvalue weighted by Crippen LogP contribution is -2.30. The summed E-state index contributed by atoms with van der Waals surface area (Å²) in [4.78, 5) is 54.6. The highest BCUT2D eigenvalue weighted by Crippen LogP contribution is 2.32. The maximum absolute atomic E-state index is 13.4. The highest BCUT2D eigenvalue weighted by atomic mass is 16.5. The molecule has 0 aromatic carbocycles. The van der Waals surface area contributed by atoms with Crippen molar-refractivity contribution >= 4 is 40.3 Å². The minimum absolute atomic E-state index is 0.00148. The molecule has 212 valence electrons. The van der Waals surface area contributed by atoms with E-state index in [0.29, 0.717) is 53.1 Å². The zero-order chi connectivity index (χ0) is 28.9. The Morgan fingerprint density at radius 1 is 1.05 bits per heavy atom. The van der Waals surface area contributed by atoms with E-state index < -0.39 is 5.91 Å². The Labute approximate surface area is 235 Å². The van der Waals surface area contributed by atoms with E-state index in [1.54, 1.807) is 47.6 Å². The zero-order valence-corrected chi connectivity index (χ0v) is 22.7. The second kappa shape index (κ2) is 12.1. The van der Waals surface area contributed by atoms with Crippen molar-refractivity contribution in [3.05, 3.63) is 69.9 Å². The number of aromatic nitrogens is 5. The summed E-state index contributed by atoms with van der Waals surface area (Å²) < 4.78 is 7.40. The molecule has 4 heterocycles. The summed E-state index contributed by atoms with van der Waals surface area (Å²) in [5.74, 6) is 1.01. The number of nitrogens with one attached hydrogen (secondary N) is 3. The van der Waals surface area contributed by atoms with E-state index in [-0.39, 0.29) is 28.5 Å². The fraction of sp³-hybridized carbons (Fsp3) is 0.321. The van der Waals surface area contributed by atoms with Gasteiger partial charge in [-0.2, -0.15) is 4.98 Å². The molecule has 4 aromatic heterocycles. The first-order valence-corrected chi connectivity index (χ1v) is 13.3. The molecule has 13 heteroatoms. The third kappa shape index (κ3) is 5.99. The van der Waals surface area contributed by atoms with Crippen LogP contribution in [0.5, 0.6) is 5.75 Å². The van der Waals surface area contributed by atoms with Crippen LogP contribution in [-0.2, 0) is 0 Å². The largest absolute Gasteiger partial charge is 0.490 e. The van der Waals surface area contributed by atoms with Crippen molar-refractivity contribution in [2.24, 2.45) is 0 Å². The molecule has 0 radical (unpaired) electrons. The van der Waals surface area contributed by atoms with Gasteiger partial charge in [0.25, 0.3) is 11.5 Å². The Kier molecular flexibility index (Phi) is 8.15. The Morgan fingerprint density at radius 3 is 2.46 bits per heavy atom. The van der Waals surface area contributed by atoms with E-state index in [0.717, 1.165) is 25.7 Å². The molecule has 41 heavy (non-hydrogen) atoms. The van der Waals surface area contributed by atoms with E-state index >= 15 is 0 Å². The highest BCUT2D eigenvalue weighted by Gasteiger charge is 2.25. The lowest BCUT2D eigenvalue weighted by atomic mass is 10.0. The summed E-state index contributed by atoms with van der Waals surface area (Å²) in [6.07, 6.45) is 8.36. The van der Waals surface area contributed by atoms with Gasteiger partial charge in [0, 0.05) is 23.8 Å². The zero-order valence-electron chi connectivity index (χ0n) is 22.7. The van der Waals surface area contributed by atoms with Crippen molar-refractivity contribution in [1.29, 1.82) is 0 Å². The van der Waals surface area contributed by atoms with E-state index in [4.69, 9.17) is 9.94 Å². The average molecular weight is 559 g/mol. The van der Waals surface area contributed by atoms with Crippen molar-refractivity contribution in [3.63, 3.8) is 0 Å². The Hall–Kier alpha value is -4.91. The topological polar surface area (TPSA) is 173 Å². The number of pyridine rings is 3. The lowest BCUT2D eigenvalue weighted by molar-refractivity contribution is 0.0706. The average Bonchev–Trinajstić information content (AvgIpc) is 3.50. The van der Waals surface area contributed by atoms with Gasteiger partial charge in [-0.3, -0.25) is 24.2 Å². The molecule has 0 spiro atoms. The second-order valence-electron chi connectivity index (χ2n) is 9.75. The smallest absolute Gasteiger partial charge is 0.276 e. The summed E-state index contributed by atoms with van der Waals surface area (Å²) >= 11 is 0. The van der Waals surface area contributed by atoms with Gasteiger partial charge in [-0.1, -0.05) is 12.8 Å². The van der Waals surface area contributed by atoms with Crippen molar-refractivity contribution < 1.29 is 19.5 Å². The number of Topliss-reactive ketones (excluding diaryl/α,β-unsaturated/α-hetero) is 1. The summed E-state index contributed by atoms with van der Waals surface area (Å²) in [7, 11) is 0. The number of anilines is 3. The van der Waals surface area contributed by atoms with Gasteiger partial charge in [0.05, 0.1) is 23.9 Å². The Bertz CT molecular complexity index is 1630. The van der Waals surface area contributed by atoms with E-state index in [2.05, 4.69) is 30.6 Å². The number of amides is 1. The van der Waals surface area contributed by atoms with Crippen molar-refractivity contribution in [1.82, 2.24) is 30.0 Å². The molecule has 1 aliphatic carbocycles. The first kappa shape index (κ1) is 27.6. The molecule has 5 rings (SSSR count). The molecular weight excluding hydrogens is 528 g/mol. The van der Waals surface area contributed by atoms with Crippen LogP contribution in [0.4, 0.5) is 17.6 Å². The predicted octanol–water partition coefficient (Wildman–Crippen LogP) is 3.56. The third-order valence-corrected chi connectivity index (χ3v) is 7.03. The van der Waals surface area contributed by atoms with Crippen molar-refractivity contribution in [2.75, 3.05) is 23.8 Å². The van der Waals surface area contributed by atoms with Crippen LogP contribution in [0.1, 0.15) is 64.9 Å². The maximum Gasteiger partial charge on any atom is 0.276 e. The van der Waals surface area contributed by atoms with Gasteiger partial charge < -0.3 is 15.4 Å². The SMILES string of the molecule is CC(=O)c1c(C)c2cnc(Nc3ccc(OCCNc4ccc(C(=O)NO)cn4)cn3)nc2n(C2CCCC2)c1=O. The van der Waals surface area contributed by atoms with Gasteiger partial charge in [-0.25, -0.2) is 20.4 Å². The molecule has 0 bridgehead atoms.